The molecule has 5 aromatic rings. The second-order valence-corrected chi connectivity index (χ2v) is 7.64. The lowest BCUT2D eigenvalue weighted by molar-refractivity contribution is 0.613. The molecule has 0 fully saturated rings. The number of nitrogens with one attached hydrogen (secondary N) is 2. The summed E-state index contributed by atoms with van der Waals surface area (Å²) in [4.78, 5) is 13.8. The van der Waals surface area contributed by atoms with Crippen molar-refractivity contribution in [2.45, 2.75) is 26.8 Å². The molecule has 0 saturated heterocycles. The van der Waals surface area contributed by atoms with Crippen molar-refractivity contribution in [2.24, 2.45) is 0 Å². The van der Waals surface area contributed by atoms with Gasteiger partial charge in [0.05, 0.1) is 29.9 Å². The van der Waals surface area contributed by atoms with E-state index >= 15 is 0 Å². The largest absolute Gasteiger partial charge is 0.464 e. The number of anilines is 1. The lowest BCUT2D eigenvalue weighted by Crippen LogP contribution is -2.10. The van der Waals surface area contributed by atoms with Crippen LogP contribution in [0.15, 0.2) is 65.7 Å². The summed E-state index contributed by atoms with van der Waals surface area (Å²) in [5.74, 6) is 1.47. The summed E-state index contributed by atoms with van der Waals surface area (Å²) in [7, 11) is 0. The molecule has 2 N–H and O–H groups in total. The molecule has 0 amide bonds. The molecule has 0 radical (unpaired) electrons. The smallest absolute Gasteiger partial charge is 0.134 e. The summed E-state index contributed by atoms with van der Waals surface area (Å²) in [5, 5.41) is 11.4. The quantitative estimate of drug-likeness (QED) is 0.399. The van der Waals surface area contributed by atoms with Crippen LogP contribution >= 0.6 is 0 Å². The second kappa shape index (κ2) is 7.68. The minimum absolute atomic E-state index is 0.0147. The summed E-state index contributed by atoms with van der Waals surface area (Å²) in [5.41, 5.74) is 6.85. The number of aromatic nitrogens is 5. The predicted octanol–water partition coefficient (Wildman–Crippen LogP) is 5.46. The number of nitrogens with zero attached hydrogens (tertiary/aromatic N) is 4. The first-order valence-electron chi connectivity index (χ1n) is 10.1. The first-order valence-corrected chi connectivity index (χ1v) is 10.1. The molecule has 0 aliphatic carbocycles. The third-order valence-electron chi connectivity index (χ3n) is 5.33. The Morgan fingerprint density at radius 2 is 1.84 bits per heavy atom. The first-order chi connectivity index (χ1) is 15.1. The Morgan fingerprint density at radius 1 is 0.968 bits per heavy atom. The molecule has 0 aliphatic heterocycles. The van der Waals surface area contributed by atoms with Gasteiger partial charge in [0.15, 0.2) is 0 Å². The molecule has 0 saturated carbocycles. The van der Waals surface area contributed by atoms with Gasteiger partial charge >= 0.3 is 0 Å². The highest BCUT2D eigenvalue weighted by Gasteiger charge is 2.12. The highest BCUT2D eigenvalue weighted by molar-refractivity contribution is 5.85. The van der Waals surface area contributed by atoms with E-state index in [1.54, 1.807) is 12.5 Å². The maximum absolute atomic E-state index is 5.56. The van der Waals surface area contributed by atoms with Crippen molar-refractivity contribution in [1.82, 2.24) is 25.1 Å². The number of hydrogen-bond acceptors (Lipinski definition) is 6. The van der Waals surface area contributed by atoms with Crippen LogP contribution in [-0.2, 0) is 0 Å². The fourth-order valence-electron chi connectivity index (χ4n) is 3.64. The molecule has 0 aliphatic rings. The van der Waals surface area contributed by atoms with E-state index in [9.17, 15) is 0 Å². The fraction of sp³-hybridized carbons (Fsp3) is 0.167. The number of fused-ring (bicyclic) bond motifs is 1. The molecular weight excluding hydrogens is 388 g/mol. The van der Waals surface area contributed by atoms with Crippen molar-refractivity contribution < 1.29 is 4.42 Å². The Hall–Kier alpha value is -4.00. The molecule has 0 spiro atoms. The Kier molecular flexibility index (Phi) is 4.71. The van der Waals surface area contributed by atoms with Crippen LogP contribution in [0.2, 0.25) is 0 Å². The van der Waals surface area contributed by atoms with Gasteiger partial charge in [-0.2, -0.15) is 5.10 Å². The highest BCUT2D eigenvalue weighted by Crippen LogP contribution is 2.28. The third kappa shape index (κ3) is 3.77. The van der Waals surface area contributed by atoms with E-state index < -0.39 is 0 Å². The van der Waals surface area contributed by atoms with Crippen LogP contribution in [0.3, 0.4) is 0 Å². The summed E-state index contributed by atoms with van der Waals surface area (Å²) >= 11 is 0. The van der Waals surface area contributed by atoms with Crippen LogP contribution in [-0.4, -0.2) is 25.1 Å². The Labute approximate surface area is 179 Å². The summed E-state index contributed by atoms with van der Waals surface area (Å²) in [6, 6.07) is 12.1. The third-order valence-corrected chi connectivity index (χ3v) is 5.33. The highest BCUT2D eigenvalue weighted by atomic mass is 16.3. The van der Waals surface area contributed by atoms with Gasteiger partial charge in [-0.1, -0.05) is 6.07 Å². The molecule has 1 aromatic carbocycles. The van der Waals surface area contributed by atoms with Crippen molar-refractivity contribution in [3.63, 3.8) is 0 Å². The average Bonchev–Trinajstić information content (AvgIpc) is 3.44. The van der Waals surface area contributed by atoms with Crippen molar-refractivity contribution >= 4 is 16.8 Å². The van der Waals surface area contributed by atoms with Gasteiger partial charge in [0.1, 0.15) is 17.2 Å². The Balaban J connectivity index is 1.40. The van der Waals surface area contributed by atoms with E-state index in [-0.39, 0.29) is 6.04 Å². The zero-order valence-corrected chi connectivity index (χ0v) is 17.5. The van der Waals surface area contributed by atoms with Crippen molar-refractivity contribution in [2.75, 3.05) is 5.32 Å². The van der Waals surface area contributed by atoms with Gasteiger partial charge in [0.25, 0.3) is 0 Å². The SMILES string of the molecule is Cc1nc(NC(C)c2ccc(-c3cn[nH]c3)cn2)cc(-c2ccc3occ(C)c3c2)n1. The topological polar surface area (TPSA) is 92.5 Å². The molecule has 31 heavy (non-hydrogen) atoms. The van der Waals surface area contributed by atoms with Gasteiger partial charge in [0, 0.05) is 40.5 Å². The molecule has 1 unspecified atom stereocenters. The summed E-state index contributed by atoms with van der Waals surface area (Å²) in [6.45, 7) is 6.01. The van der Waals surface area contributed by atoms with Gasteiger partial charge in [-0.25, -0.2) is 9.97 Å². The monoisotopic (exact) mass is 410 g/mol. The fourth-order valence-corrected chi connectivity index (χ4v) is 3.64. The van der Waals surface area contributed by atoms with E-state index in [0.29, 0.717) is 5.82 Å². The lowest BCUT2D eigenvalue weighted by atomic mass is 10.1. The molecule has 154 valence electrons. The van der Waals surface area contributed by atoms with E-state index in [4.69, 9.17) is 4.42 Å². The average molecular weight is 410 g/mol. The van der Waals surface area contributed by atoms with E-state index in [2.05, 4.69) is 43.5 Å². The van der Waals surface area contributed by atoms with Crippen molar-refractivity contribution in [1.29, 1.82) is 0 Å². The van der Waals surface area contributed by atoms with Crippen LogP contribution in [0, 0.1) is 13.8 Å². The number of H-pyrrole nitrogens is 1. The number of aryl methyl sites for hydroxylation is 2. The number of furan rings is 1. The van der Waals surface area contributed by atoms with Gasteiger partial charge in [-0.15, -0.1) is 0 Å². The van der Waals surface area contributed by atoms with Crippen LogP contribution in [0.4, 0.5) is 5.82 Å². The zero-order chi connectivity index (χ0) is 21.4. The summed E-state index contributed by atoms with van der Waals surface area (Å²) in [6.07, 6.45) is 7.27. The maximum Gasteiger partial charge on any atom is 0.134 e. The lowest BCUT2D eigenvalue weighted by Gasteiger charge is -2.15. The molecule has 1 atom stereocenters. The second-order valence-electron chi connectivity index (χ2n) is 7.64. The van der Waals surface area contributed by atoms with Crippen molar-refractivity contribution in [3.8, 4) is 22.4 Å². The standard InChI is InChI=1S/C24H22N6O/c1-14-13-31-23-7-5-17(8-20(14)23)22-9-24(30-16(3)29-22)28-15(2)21-6-4-18(10-25-21)19-11-26-27-12-19/h4-13,15H,1-3H3,(H,26,27)(H,28,29,30). The minimum Gasteiger partial charge on any atom is -0.464 e. The van der Waals surface area contributed by atoms with Gasteiger partial charge in [-0.3, -0.25) is 10.1 Å². The molecule has 7 nitrogen and oxygen atoms in total. The number of aromatic amines is 1. The molecule has 0 bridgehead atoms. The van der Waals surface area contributed by atoms with E-state index in [1.165, 1.54) is 0 Å². The Morgan fingerprint density at radius 3 is 2.61 bits per heavy atom. The number of hydrogen-bond donors (Lipinski definition) is 2. The molecular formula is C24H22N6O. The van der Waals surface area contributed by atoms with Gasteiger partial charge < -0.3 is 9.73 Å². The van der Waals surface area contributed by atoms with Crippen LogP contribution in [0.1, 0.15) is 30.0 Å². The van der Waals surface area contributed by atoms with E-state index in [1.807, 2.05) is 56.6 Å². The number of pyridine rings is 1. The predicted molar refractivity (Wildman–Crippen MR) is 121 cm³/mol. The van der Waals surface area contributed by atoms with Crippen molar-refractivity contribution in [3.05, 3.63) is 78.3 Å². The minimum atomic E-state index is -0.0147. The molecule has 4 aromatic heterocycles. The van der Waals surface area contributed by atoms with Crippen LogP contribution < -0.4 is 5.32 Å². The summed E-state index contributed by atoms with van der Waals surface area (Å²) < 4.78 is 5.56. The Bertz CT molecular complexity index is 1340. The van der Waals surface area contributed by atoms with Gasteiger partial charge in [0.2, 0.25) is 0 Å². The molecule has 4 heterocycles. The van der Waals surface area contributed by atoms with E-state index in [0.717, 1.165) is 50.4 Å². The number of rotatable bonds is 5. The maximum atomic E-state index is 5.56. The molecule has 7 heteroatoms. The number of benzene rings is 1. The normalized spacial score (nSPS) is 12.2. The molecule has 5 rings (SSSR count). The first kappa shape index (κ1) is 19.0. The van der Waals surface area contributed by atoms with Crippen LogP contribution in [0.5, 0.6) is 0 Å². The zero-order valence-electron chi connectivity index (χ0n) is 17.5. The van der Waals surface area contributed by atoms with Gasteiger partial charge in [-0.05, 0) is 50.6 Å². The van der Waals surface area contributed by atoms with Crippen LogP contribution in [0.25, 0.3) is 33.4 Å².